The zero-order valence-corrected chi connectivity index (χ0v) is 23.6. The third-order valence-electron chi connectivity index (χ3n) is 6.46. The van der Waals surface area contributed by atoms with E-state index in [0.717, 1.165) is 11.1 Å². The monoisotopic (exact) mass is 538 g/mol. The van der Waals surface area contributed by atoms with Gasteiger partial charge < -0.3 is 10.2 Å². The predicted octanol–water partition coefficient (Wildman–Crippen LogP) is 7.00. The Morgan fingerprint density at radius 1 is 0.865 bits per heavy atom. The lowest BCUT2D eigenvalue weighted by molar-refractivity contribution is -0.141. The summed E-state index contributed by atoms with van der Waals surface area (Å²) in [6, 6.07) is 22.7. The molecular formula is C31H36Cl2N2O2. The van der Waals surface area contributed by atoms with Crippen LogP contribution in [0.1, 0.15) is 56.4 Å². The van der Waals surface area contributed by atoms with E-state index in [1.807, 2.05) is 37.3 Å². The lowest BCUT2D eigenvalue weighted by Crippen LogP contribution is -2.50. The smallest absolute Gasteiger partial charge is 0.243 e. The van der Waals surface area contributed by atoms with Gasteiger partial charge in [0, 0.05) is 41.5 Å². The minimum atomic E-state index is -0.703. The Bertz CT molecular complexity index is 1170. The van der Waals surface area contributed by atoms with Crippen molar-refractivity contribution in [1.82, 2.24) is 10.2 Å². The van der Waals surface area contributed by atoms with E-state index >= 15 is 0 Å². The quantitative estimate of drug-likeness (QED) is 0.302. The number of likely N-dealkylation sites (N-methyl/N-ethyl adjacent to an activating group) is 1. The van der Waals surface area contributed by atoms with Gasteiger partial charge in [0.2, 0.25) is 11.8 Å². The second-order valence-electron chi connectivity index (χ2n) is 10.3. The molecular weight excluding hydrogens is 503 g/mol. The van der Waals surface area contributed by atoms with E-state index in [2.05, 4.69) is 50.4 Å². The number of nitrogens with one attached hydrogen (secondary N) is 1. The third kappa shape index (κ3) is 8.08. The van der Waals surface area contributed by atoms with Crippen molar-refractivity contribution in [3.63, 3.8) is 0 Å². The van der Waals surface area contributed by atoms with Gasteiger partial charge in [0.05, 0.1) is 0 Å². The number of halogens is 2. The Morgan fingerprint density at radius 2 is 1.49 bits per heavy atom. The highest BCUT2D eigenvalue weighted by atomic mass is 35.5. The Morgan fingerprint density at radius 3 is 2.05 bits per heavy atom. The lowest BCUT2D eigenvalue weighted by atomic mass is 9.86. The highest BCUT2D eigenvalue weighted by molar-refractivity contribution is 6.36. The SMILES string of the molecule is CCNC(=O)C(Cc1ccccc1)N(Cc1c(Cl)cccc1Cl)C(=O)CCc1ccc(C(C)(C)C)cc1. The van der Waals surface area contributed by atoms with Crippen molar-refractivity contribution >= 4 is 35.0 Å². The zero-order valence-electron chi connectivity index (χ0n) is 22.1. The Hall–Kier alpha value is -2.82. The second-order valence-corrected chi connectivity index (χ2v) is 11.1. The van der Waals surface area contributed by atoms with Gasteiger partial charge in [-0.3, -0.25) is 9.59 Å². The molecule has 0 bridgehead atoms. The van der Waals surface area contributed by atoms with Gasteiger partial charge in [-0.2, -0.15) is 0 Å². The van der Waals surface area contributed by atoms with Gasteiger partial charge in [0.1, 0.15) is 6.04 Å². The highest BCUT2D eigenvalue weighted by Gasteiger charge is 2.31. The minimum absolute atomic E-state index is 0.0661. The summed E-state index contributed by atoms with van der Waals surface area (Å²) in [4.78, 5) is 28.7. The number of rotatable bonds is 10. The highest BCUT2D eigenvalue weighted by Crippen LogP contribution is 2.28. The summed E-state index contributed by atoms with van der Waals surface area (Å²) in [5, 5.41) is 3.85. The standard InChI is InChI=1S/C31H36Cl2N2O2/c1-5-34-30(37)28(20-23-10-7-6-8-11-23)35(21-25-26(32)12-9-13-27(25)33)29(36)19-16-22-14-17-24(18-15-22)31(2,3)4/h6-15,17-18,28H,5,16,19-21H2,1-4H3,(H,34,37). The van der Waals surface area contributed by atoms with Gasteiger partial charge in [0.25, 0.3) is 0 Å². The fraction of sp³-hybridized carbons (Fsp3) is 0.355. The molecule has 0 spiro atoms. The van der Waals surface area contributed by atoms with Crippen molar-refractivity contribution in [2.75, 3.05) is 6.54 Å². The molecule has 0 aliphatic rings. The average Bonchev–Trinajstić information content (AvgIpc) is 2.86. The van der Waals surface area contributed by atoms with Crippen LogP contribution >= 0.6 is 23.2 Å². The van der Waals surface area contributed by atoms with Gasteiger partial charge in [-0.25, -0.2) is 0 Å². The number of hydrogen-bond acceptors (Lipinski definition) is 2. The molecule has 196 valence electrons. The summed E-state index contributed by atoms with van der Waals surface area (Å²) < 4.78 is 0. The first kappa shape index (κ1) is 28.7. The third-order valence-corrected chi connectivity index (χ3v) is 7.17. The number of benzene rings is 3. The van der Waals surface area contributed by atoms with Crippen molar-refractivity contribution in [3.05, 3.63) is 105 Å². The first-order chi connectivity index (χ1) is 17.6. The molecule has 0 aliphatic carbocycles. The lowest BCUT2D eigenvalue weighted by Gasteiger charge is -2.32. The van der Waals surface area contributed by atoms with E-state index in [1.54, 1.807) is 23.1 Å². The fourth-order valence-corrected chi connectivity index (χ4v) is 4.78. The normalized spacial score (nSPS) is 12.2. The summed E-state index contributed by atoms with van der Waals surface area (Å²) in [5.41, 5.74) is 4.00. The van der Waals surface area contributed by atoms with E-state index in [0.29, 0.717) is 35.0 Å². The van der Waals surface area contributed by atoms with Crippen LogP contribution in [0.4, 0.5) is 0 Å². The second kappa shape index (κ2) is 13.1. The number of nitrogens with zero attached hydrogens (tertiary/aromatic N) is 1. The van der Waals surface area contributed by atoms with E-state index in [9.17, 15) is 9.59 Å². The van der Waals surface area contributed by atoms with E-state index in [-0.39, 0.29) is 30.2 Å². The van der Waals surface area contributed by atoms with Crippen molar-refractivity contribution in [2.24, 2.45) is 0 Å². The van der Waals surface area contributed by atoms with Crippen LogP contribution in [0.2, 0.25) is 10.0 Å². The van der Waals surface area contributed by atoms with Crippen LogP contribution in [0.5, 0.6) is 0 Å². The van der Waals surface area contributed by atoms with Crippen molar-refractivity contribution in [3.8, 4) is 0 Å². The molecule has 4 nitrogen and oxygen atoms in total. The maximum Gasteiger partial charge on any atom is 0.243 e. The average molecular weight is 540 g/mol. The van der Waals surface area contributed by atoms with Gasteiger partial charge in [0.15, 0.2) is 0 Å². The van der Waals surface area contributed by atoms with Crippen LogP contribution in [-0.2, 0) is 34.4 Å². The molecule has 1 unspecified atom stereocenters. The molecule has 0 fully saturated rings. The molecule has 3 aromatic carbocycles. The molecule has 3 aromatic rings. The molecule has 0 aliphatic heterocycles. The van der Waals surface area contributed by atoms with Gasteiger partial charge in [-0.15, -0.1) is 0 Å². The van der Waals surface area contributed by atoms with Crippen LogP contribution in [0.15, 0.2) is 72.8 Å². The summed E-state index contributed by atoms with van der Waals surface area (Å²) in [7, 11) is 0. The van der Waals surface area contributed by atoms with Gasteiger partial charge >= 0.3 is 0 Å². The van der Waals surface area contributed by atoms with Crippen LogP contribution in [0.25, 0.3) is 0 Å². The number of hydrogen-bond donors (Lipinski definition) is 1. The Balaban J connectivity index is 1.90. The summed E-state index contributed by atoms with van der Waals surface area (Å²) in [6.45, 7) is 9.02. The van der Waals surface area contributed by atoms with Crippen LogP contribution in [-0.4, -0.2) is 29.3 Å². The molecule has 0 saturated carbocycles. The summed E-state index contributed by atoms with van der Waals surface area (Å²) in [5.74, 6) is -0.319. The molecule has 37 heavy (non-hydrogen) atoms. The Labute approximate surface area is 231 Å². The van der Waals surface area contributed by atoms with Crippen LogP contribution in [0, 0.1) is 0 Å². The first-order valence-corrected chi connectivity index (χ1v) is 13.5. The van der Waals surface area contributed by atoms with E-state index < -0.39 is 6.04 Å². The molecule has 0 heterocycles. The van der Waals surface area contributed by atoms with Gasteiger partial charge in [-0.1, -0.05) is 105 Å². The topological polar surface area (TPSA) is 49.4 Å². The Kier molecular flexibility index (Phi) is 10.2. The van der Waals surface area contributed by atoms with Crippen molar-refractivity contribution < 1.29 is 9.59 Å². The molecule has 0 aromatic heterocycles. The molecule has 6 heteroatoms. The molecule has 0 radical (unpaired) electrons. The molecule has 3 rings (SSSR count). The summed E-state index contributed by atoms with van der Waals surface area (Å²) in [6.07, 6.45) is 1.23. The zero-order chi connectivity index (χ0) is 27.0. The number of amides is 2. The molecule has 2 amide bonds. The molecule has 1 atom stereocenters. The number of aryl methyl sites for hydroxylation is 1. The fourth-order valence-electron chi connectivity index (χ4n) is 4.27. The number of carbonyl (C=O) groups is 2. The largest absolute Gasteiger partial charge is 0.355 e. The van der Waals surface area contributed by atoms with Crippen molar-refractivity contribution in [1.29, 1.82) is 0 Å². The molecule has 1 N–H and O–H groups in total. The van der Waals surface area contributed by atoms with E-state index in [1.165, 1.54) is 5.56 Å². The predicted molar refractivity (Wildman–Crippen MR) is 153 cm³/mol. The van der Waals surface area contributed by atoms with E-state index in [4.69, 9.17) is 23.2 Å². The van der Waals surface area contributed by atoms with Crippen LogP contribution < -0.4 is 5.32 Å². The minimum Gasteiger partial charge on any atom is -0.355 e. The first-order valence-electron chi connectivity index (χ1n) is 12.7. The molecule has 0 saturated heterocycles. The van der Waals surface area contributed by atoms with Gasteiger partial charge in [-0.05, 0) is 47.6 Å². The maximum absolute atomic E-state index is 13.8. The maximum atomic E-state index is 13.8. The van der Waals surface area contributed by atoms with Crippen LogP contribution in [0.3, 0.4) is 0 Å². The summed E-state index contributed by atoms with van der Waals surface area (Å²) >= 11 is 13.0. The number of carbonyl (C=O) groups excluding carboxylic acids is 2. The van der Waals surface area contributed by atoms with Crippen molar-refractivity contribution in [2.45, 2.75) is 65.0 Å².